The van der Waals surface area contributed by atoms with Crippen LogP contribution in [0, 0.1) is 5.82 Å². The van der Waals surface area contributed by atoms with Gasteiger partial charge in [0.1, 0.15) is 23.9 Å². The number of nitrogens with one attached hydrogen (secondary N) is 1. The first-order chi connectivity index (χ1) is 10.6. The second kappa shape index (κ2) is 7.45. The molecule has 0 aliphatic heterocycles. The fourth-order valence-corrected chi connectivity index (χ4v) is 1.87. The summed E-state index contributed by atoms with van der Waals surface area (Å²) in [5, 5.41) is 2.76. The van der Waals surface area contributed by atoms with Crippen LogP contribution in [0.25, 0.3) is 0 Å². The summed E-state index contributed by atoms with van der Waals surface area (Å²) in [5.41, 5.74) is 0.288. The average molecular weight is 303 g/mol. The predicted octanol–water partition coefficient (Wildman–Crippen LogP) is 3.03. The van der Waals surface area contributed by atoms with Crippen molar-refractivity contribution in [3.63, 3.8) is 0 Å². The number of halogens is 1. The van der Waals surface area contributed by atoms with Crippen molar-refractivity contribution in [3.05, 3.63) is 59.9 Å². The van der Waals surface area contributed by atoms with Crippen LogP contribution in [0.15, 0.2) is 48.5 Å². The van der Waals surface area contributed by atoms with Crippen LogP contribution in [-0.2, 0) is 0 Å². The Bertz CT molecular complexity index is 628. The van der Waals surface area contributed by atoms with E-state index in [1.807, 2.05) is 6.92 Å². The molecule has 1 N–H and O–H groups in total. The van der Waals surface area contributed by atoms with E-state index in [9.17, 15) is 9.18 Å². The topological polar surface area (TPSA) is 47.6 Å². The molecule has 2 rings (SSSR count). The molecule has 5 heteroatoms. The summed E-state index contributed by atoms with van der Waals surface area (Å²) < 4.78 is 23.7. The van der Waals surface area contributed by atoms with E-state index >= 15 is 0 Å². The lowest BCUT2D eigenvalue weighted by Gasteiger charge is -2.15. The maximum Gasteiger partial charge on any atom is 0.251 e. The van der Waals surface area contributed by atoms with Crippen LogP contribution in [0.1, 0.15) is 17.3 Å². The van der Waals surface area contributed by atoms with Crippen molar-refractivity contribution in [2.75, 3.05) is 13.7 Å². The van der Waals surface area contributed by atoms with E-state index < -0.39 is 5.82 Å². The Morgan fingerprint density at radius 1 is 1.18 bits per heavy atom. The van der Waals surface area contributed by atoms with E-state index in [2.05, 4.69) is 5.32 Å². The number of rotatable bonds is 6. The lowest BCUT2D eigenvalue weighted by atomic mass is 10.2. The number of carbonyl (C=O) groups excluding carboxylic acids is 1. The van der Waals surface area contributed by atoms with Gasteiger partial charge in [-0.2, -0.15) is 0 Å². The fraction of sp³-hybridized carbons (Fsp3) is 0.235. The number of hydrogen-bond donors (Lipinski definition) is 1. The largest absolute Gasteiger partial charge is 0.497 e. The van der Waals surface area contributed by atoms with Crippen LogP contribution in [0.3, 0.4) is 0 Å². The summed E-state index contributed by atoms with van der Waals surface area (Å²) >= 11 is 0. The van der Waals surface area contributed by atoms with E-state index in [0.717, 1.165) is 5.75 Å². The van der Waals surface area contributed by atoms with Crippen LogP contribution in [0.2, 0.25) is 0 Å². The summed E-state index contributed by atoms with van der Waals surface area (Å²) in [5.74, 6) is 0.674. The fourth-order valence-electron chi connectivity index (χ4n) is 1.87. The van der Waals surface area contributed by atoms with Crippen molar-refractivity contribution < 1.29 is 18.7 Å². The number of methoxy groups -OCH3 is 1. The molecular weight excluding hydrogens is 285 g/mol. The third-order valence-electron chi connectivity index (χ3n) is 3.02. The molecule has 0 heterocycles. The standard InChI is InChI=1S/C17H18FNO3/c1-12(11-22-16-8-6-15(21-2)7-9-16)19-17(20)13-4-3-5-14(18)10-13/h3-10,12H,11H2,1-2H3,(H,19,20). The Morgan fingerprint density at radius 2 is 1.86 bits per heavy atom. The second-order valence-corrected chi connectivity index (χ2v) is 4.87. The maximum atomic E-state index is 13.1. The molecule has 0 saturated carbocycles. The summed E-state index contributed by atoms with van der Waals surface area (Å²) in [6.07, 6.45) is 0. The van der Waals surface area contributed by atoms with Gasteiger partial charge >= 0.3 is 0 Å². The predicted molar refractivity (Wildman–Crippen MR) is 81.8 cm³/mol. The van der Waals surface area contributed by atoms with Gasteiger partial charge < -0.3 is 14.8 Å². The Kier molecular flexibility index (Phi) is 5.36. The minimum atomic E-state index is -0.435. The highest BCUT2D eigenvalue weighted by Crippen LogP contribution is 2.17. The average Bonchev–Trinajstić information content (AvgIpc) is 2.53. The van der Waals surface area contributed by atoms with Crippen LogP contribution < -0.4 is 14.8 Å². The molecule has 2 aromatic rings. The van der Waals surface area contributed by atoms with Gasteiger partial charge in [-0.1, -0.05) is 6.07 Å². The molecule has 1 unspecified atom stereocenters. The van der Waals surface area contributed by atoms with Crippen LogP contribution in [0.4, 0.5) is 4.39 Å². The quantitative estimate of drug-likeness (QED) is 0.892. The van der Waals surface area contributed by atoms with Crippen molar-refractivity contribution >= 4 is 5.91 Å². The summed E-state index contributed by atoms with van der Waals surface area (Å²) in [7, 11) is 1.60. The maximum absolute atomic E-state index is 13.1. The van der Waals surface area contributed by atoms with Crippen molar-refractivity contribution in [1.82, 2.24) is 5.32 Å². The summed E-state index contributed by atoms with van der Waals surface area (Å²) in [6, 6.07) is 12.5. The van der Waals surface area contributed by atoms with E-state index in [1.165, 1.54) is 18.2 Å². The van der Waals surface area contributed by atoms with Crippen LogP contribution >= 0.6 is 0 Å². The van der Waals surface area contributed by atoms with E-state index in [4.69, 9.17) is 9.47 Å². The molecule has 0 aliphatic carbocycles. The zero-order valence-corrected chi connectivity index (χ0v) is 12.5. The molecule has 4 nitrogen and oxygen atoms in total. The number of hydrogen-bond acceptors (Lipinski definition) is 3. The van der Waals surface area contributed by atoms with Crippen LogP contribution in [-0.4, -0.2) is 25.7 Å². The monoisotopic (exact) mass is 303 g/mol. The minimum absolute atomic E-state index is 0.210. The lowest BCUT2D eigenvalue weighted by molar-refractivity contribution is 0.0926. The molecule has 0 bridgehead atoms. The van der Waals surface area contributed by atoms with Gasteiger partial charge in [-0.3, -0.25) is 4.79 Å². The number of benzene rings is 2. The molecule has 1 amide bonds. The first-order valence-electron chi connectivity index (χ1n) is 6.92. The number of carbonyl (C=O) groups is 1. The molecule has 0 saturated heterocycles. The molecule has 0 aliphatic rings. The molecule has 1 atom stereocenters. The molecule has 0 radical (unpaired) electrons. The smallest absolute Gasteiger partial charge is 0.251 e. The van der Waals surface area contributed by atoms with Gasteiger partial charge in [0.15, 0.2) is 0 Å². The minimum Gasteiger partial charge on any atom is -0.497 e. The van der Waals surface area contributed by atoms with Gasteiger partial charge in [-0.25, -0.2) is 4.39 Å². The van der Waals surface area contributed by atoms with Gasteiger partial charge in [0.05, 0.1) is 13.2 Å². The van der Waals surface area contributed by atoms with E-state index in [-0.39, 0.29) is 17.5 Å². The Balaban J connectivity index is 1.84. The van der Waals surface area contributed by atoms with Gasteiger partial charge in [0.25, 0.3) is 5.91 Å². The third kappa shape index (κ3) is 4.48. The number of ether oxygens (including phenoxy) is 2. The highest BCUT2D eigenvalue weighted by Gasteiger charge is 2.11. The van der Waals surface area contributed by atoms with Crippen molar-refractivity contribution in [2.24, 2.45) is 0 Å². The molecular formula is C17H18FNO3. The Labute approximate surface area is 128 Å². The molecule has 0 fully saturated rings. The SMILES string of the molecule is COc1ccc(OCC(C)NC(=O)c2cccc(F)c2)cc1. The van der Waals surface area contributed by atoms with Crippen LogP contribution in [0.5, 0.6) is 11.5 Å². The molecule has 22 heavy (non-hydrogen) atoms. The third-order valence-corrected chi connectivity index (χ3v) is 3.02. The lowest BCUT2D eigenvalue weighted by Crippen LogP contribution is -2.36. The molecule has 116 valence electrons. The molecule has 0 spiro atoms. The number of amides is 1. The molecule has 2 aromatic carbocycles. The summed E-state index contributed by atoms with van der Waals surface area (Å²) in [4.78, 5) is 12.0. The zero-order valence-electron chi connectivity index (χ0n) is 12.5. The Morgan fingerprint density at radius 3 is 2.50 bits per heavy atom. The van der Waals surface area contributed by atoms with Crippen molar-refractivity contribution in [2.45, 2.75) is 13.0 Å². The first-order valence-corrected chi connectivity index (χ1v) is 6.92. The van der Waals surface area contributed by atoms with Gasteiger partial charge in [-0.15, -0.1) is 0 Å². The summed E-state index contributed by atoms with van der Waals surface area (Å²) in [6.45, 7) is 2.13. The van der Waals surface area contributed by atoms with Gasteiger partial charge in [0, 0.05) is 5.56 Å². The highest BCUT2D eigenvalue weighted by molar-refractivity contribution is 5.94. The zero-order chi connectivity index (χ0) is 15.9. The normalized spacial score (nSPS) is 11.6. The molecule has 0 aromatic heterocycles. The Hall–Kier alpha value is -2.56. The second-order valence-electron chi connectivity index (χ2n) is 4.87. The van der Waals surface area contributed by atoms with Gasteiger partial charge in [0.2, 0.25) is 0 Å². The highest BCUT2D eigenvalue weighted by atomic mass is 19.1. The van der Waals surface area contributed by atoms with Crippen molar-refractivity contribution in [1.29, 1.82) is 0 Å². The van der Waals surface area contributed by atoms with E-state index in [1.54, 1.807) is 37.4 Å². The first kappa shape index (κ1) is 15.8. The van der Waals surface area contributed by atoms with Crippen molar-refractivity contribution in [3.8, 4) is 11.5 Å². The van der Waals surface area contributed by atoms with Gasteiger partial charge in [-0.05, 0) is 49.4 Å². The van der Waals surface area contributed by atoms with E-state index in [0.29, 0.717) is 12.4 Å².